The molecule has 2 aromatic rings. The van der Waals surface area contributed by atoms with Crippen molar-refractivity contribution in [2.24, 2.45) is 0 Å². The van der Waals surface area contributed by atoms with E-state index in [0.29, 0.717) is 29.7 Å². The summed E-state index contributed by atoms with van der Waals surface area (Å²) in [4.78, 5) is 23.6. The average molecular weight is 333 g/mol. The molecule has 23 heavy (non-hydrogen) atoms. The molecule has 2 N–H and O–H groups in total. The first-order valence-corrected chi connectivity index (χ1v) is 7.88. The Kier molecular flexibility index (Phi) is 4.62. The zero-order chi connectivity index (χ0) is 16.2. The van der Waals surface area contributed by atoms with Crippen LogP contribution in [0.4, 0.5) is 10.5 Å². The third-order valence-electron chi connectivity index (χ3n) is 3.59. The van der Waals surface area contributed by atoms with E-state index in [9.17, 15) is 9.59 Å². The number of carbonyl (C=O) groups excluding carboxylic acids is 1. The molecular formula is C16H17ClN4O2. The molecule has 1 fully saturated rings. The lowest BCUT2D eigenvalue weighted by Gasteiger charge is -2.09. The Morgan fingerprint density at radius 1 is 1.22 bits per heavy atom. The lowest BCUT2D eigenvalue weighted by atomic mass is 10.3. The van der Waals surface area contributed by atoms with Gasteiger partial charge < -0.3 is 10.6 Å². The van der Waals surface area contributed by atoms with Gasteiger partial charge in [-0.3, -0.25) is 4.79 Å². The van der Waals surface area contributed by atoms with E-state index in [1.165, 1.54) is 10.7 Å². The molecule has 0 saturated heterocycles. The van der Waals surface area contributed by atoms with Crippen LogP contribution < -0.4 is 16.2 Å². The van der Waals surface area contributed by atoms with Crippen LogP contribution in [0, 0.1) is 0 Å². The van der Waals surface area contributed by atoms with E-state index in [0.717, 1.165) is 18.5 Å². The molecule has 120 valence electrons. The highest BCUT2D eigenvalue weighted by molar-refractivity contribution is 6.30. The van der Waals surface area contributed by atoms with Gasteiger partial charge in [-0.25, -0.2) is 9.48 Å². The summed E-state index contributed by atoms with van der Waals surface area (Å²) in [5.41, 5.74) is 1.45. The first kappa shape index (κ1) is 15.6. The van der Waals surface area contributed by atoms with Crippen LogP contribution in [0.2, 0.25) is 5.02 Å². The van der Waals surface area contributed by atoms with Crippen molar-refractivity contribution in [3.63, 3.8) is 0 Å². The lowest BCUT2D eigenvalue weighted by molar-refractivity contribution is 0.251. The number of nitrogens with one attached hydrogen (secondary N) is 2. The van der Waals surface area contributed by atoms with Crippen LogP contribution in [-0.2, 0) is 6.54 Å². The number of anilines is 1. The van der Waals surface area contributed by atoms with Gasteiger partial charge in [0.15, 0.2) is 0 Å². The van der Waals surface area contributed by atoms with Gasteiger partial charge in [-0.2, -0.15) is 5.10 Å². The van der Waals surface area contributed by atoms with Crippen molar-refractivity contribution >= 4 is 23.3 Å². The third kappa shape index (κ3) is 4.32. The number of urea groups is 1. The van der Waals surface area contributed by atoms with Crippen LogP contribution in [0.5, 0.6) is 0 Å². The Hall–Kier alpha value is -2.34. The van der Waals surface area contributed by atoms with Crippen molar-refractivity contribution in [3.8, 4) is 0 Å². The summed E-state index contributed by atoms with van der Waals surface area (Å²) in [5, 5.41) is 10.3. The largest absolute Gasteiger partial charge is 0.336 e. The second-order valence-corrected chi connectivity index (χ2v) is 5.92. The highest BCUT2D eigenvalue weighted by Crippen LogP contribution is 2.38. The maximum Gasteiger partial charge on any atom is 0.319 e. The van der Waals surface area contributed by atoms with Gasteiger partial charge in [-0.05, 0) is 43.2 Å². The van der Waals surface area contributed by atoms with Crippen LogP contribution in [0.25, 0.3) is 0 Å². The van der Waals surface area contributed by atoms with E-state index < -0.39 is 0 Å². The number of hydrogen-bond acceptors (Lipinski definition) is 3. The molecule has 1 aliphatic carbocycles. The topological polar surface area (TPSA) is 76.0 Å². The predicted molar refractivity (Wildman–Crippen MR) is 88.9 cm³/mol. The molecule has 0 aliphatic heterocycles. The Labute approximate surface area is 138 Å². The number of carbonyl (C=O) groups is 1. The lowest BCUT2D eigenvalue weighted by Crippen LogP contribution is -2.34. The molecule has 0 unspecified atom stereocenters. The van der Waals surface area contributed by atoms with Crippen molar-refractivity contribution in [2.45, 2.75) is 25.3 Å². The molecular weight excluding hydrogens is 316 g/mol. The Bertz CT molecular complexity index is 753. The van der Waals surface area contributed by atoms with Gasteiger partial charge in [-0.1, -0.05) is 11.6 Å². The maximum atomic E-state index is 11.8. The fourth-order valence-electron chi connectivity index (χ4n) is 2.21. The third-order valence-corrected chi connectivity index (χ3v) is 3.85. The molecule has 3 rings (SSSR count). The second-order valence-electron chi connectivity index (χ2n) is 5.48. The summed E-state index contributed by atoms with van der Waals surface area (Å²) >= 11 is 5.79. The second kappa shape index (κ2) is 6.83. The van der Waals surface area contributed by atoms with Gasteiger partial charge in [0.25, 0.3) is 5.56 Å². The number of halogens is 1. The average Bonchev–Trinajstić information content (AvgIpc) is 3.36. The summed E-state index contributed by atoms with van der Waals surface area (Å²) in [6.07, 6.45) is 2.26. The minimum Gasteiger partial charge on any atom is -0.336 e. The number of aromatic nitrogens is 2. The molecule has 0 radical (unpaired) electrons. The smallest absolute Gasteiger partial charge is 0.319 e. The molecule has 0 bridgehead atoms. The maximum absolute atomic E-state index is 11.8. The van der Waals surface area contributed by atoms with Crippen LogP contribution >= 0.6 is 11.6 Å². The van der Waals surface area contributed by atoms with Crippen molar-refractivity contribution < 1.29 is 4.79 Å². The van der Waals surface area contributed by atoms with E-state index in [4.69, 9.17) is 11.6 Å². The fourth-order valence-corrected chi connectivity index (χ4v) is 2.33. The first-order chi connectivity index (χ1) is 11.1. The van der Waals surface area contributed by atoms with E-state index in [-0.39, 0.29) is 11.6 Å². The van der Waals surface area contributed by atoms with E-state index in [1.54, 1.807) is 30.3 Å². The van der Waals surface area contributed by atoms with Gasteiger partial charge in [0.05, 0.1) is 12.2 Å². The molecule has 1 aliphatic rings. The van der Waals surface area contributed by atoms with Gasteiger partial charge in [0.2, 0.25) is 0 Å². The van der Waals surface area contributed by atoms with Crippen LogP contribution in [0.1, 0.15) is 24.5 Å². The molecule has 6 nitrogen and oxygen atoms in total. The van der Waals surface area contributed by atoms with Crippen LogP contribution in [0.3, 0.4) is 0 Å². The highest BCUT2D eigenvalue weighted by Gasteiger charge is 2.25. The van der Waals surface area contributed by atoms with E-state index in [2.05, 4.69) is 15.7 Å². The quantitative estimate of drug-likeness (QED) is 0.883. The Balaban J connectivity index is 1.50. The van der Waals surface area contributed by atoms with Gasteiger partial charge in [0.1, 0.15) is 0 Å². The molecule has 1 saturated carbocycles. The van der Waals surface area contributed by atoms with Crippen molar-refractivity contribution in [3.05, 3.63) is 57.5 Å². The molecule has 2 amide bonds. The van der Waals surface area contributed by atoms with Gasteiger partial charge in [0, 0.05) is 29.2 Å². The Morgan fingerprint density at radius 3 is 2.65 bits per heavy atom. The van der Waals surface area contributed by atoms with Crippen LogP contribution in [-0.4, -0.2) is 22.4 Å². The van der Waals surface area contributed by atoms with Crippen molar-refractivity contribution in [1.82, 2.24) is 15.1 Å². The van der Waals surface area contributed by atoms with E-state index in [1.807, 2.05) is 0 Å². The number of benzene rings is 1. The highest BCUT2D eigenvalue weighted by atomic mass is 35.5. The number of hydrogen-bond donors (Lipinski definition) is 2. The molecule has 1 aromatic carbocycles. The predicted octanol–water partition coefficient (Wildman–Crippen LogP) is 2.60. The summed E-state index contributed by atoms with van der Waals surface area (Å²) < 4.78 is 1.40. The Morgan fingerprint density at radius 2 is 1.96 bits per heavy atom. The monoisotopic (exact) mass is 332 g/mol. The zero-order valence-electron chi connectivity index (χ0n) is 12.5. The molecule has 0 spiro atoms. The van der Waals surface area contributed by atoms with Crippen LogP contribution in [0.15, 0.2) is 41.2 Å². The van der Waals surface area contributed by atoms with Gasteiger partial charge >= 0.3 is 6.03 Å². The zero-order valence-corrected chi connectivity index (χ0v) is 13.2. The van der Waals surface area contributed by atoms with Crippen molar-refractivity contribution in [1.29, 1.82) is 0 Å². The van der Waals surface area contributed by atoms with Gasteiger partial charge in [-0.15, -0.1) is 0 Å². The summed E-state index contributed by atoms with van der Waals surface area (Å²) in [5.74, 6) is 0.489. The summed E-state index contributed by atoms with van der Waals surface area (Å²) in [6, 6.07) is 9.82. The normalized spacial score (nSPS) is 13.6. The summed E-state index contributed by atoms with van der Waals surface area (Å²) in [7, 11) is 0. The minimum atomic E-state index is -0.335. The molecule has 1 heterocycles. The molecule has 1 aromatic heterocycles. The number of rotatable bonds is 5. The molecule has 7 heteroatoms. The number of amides is 2. The summed E-state index contributed by atoms with van der Waals surface area (Å²) in [6.45, 7) is 0.661. The van der Waals surface area contributed by atoms with Crippen molar-refractivity contribution in [2.75, 3.05) is 11.9 Å². The standard InChI is InChI=1S/C16H17ClN4O2/c17-12-3-5-13(6-4-12)19-16(23)18-9-10-21-15(22)8-7-14(20-21)11-1-2-11/h3-8,11H,1-2,9-10H2,(H2,18,19,23). The first-order valence-electron chi connectivity index (χ1n) is 7.50. The SMILES string of the molecule is O=C(NCCn1nc(C2CC2)ccc1=O)Nc1ccc(Cl)cc1. The number of nitrogens with zero attached hydrogens (tertiary/aromatic N) is 2. The molecule has 0 atom stereocenters. The van der Waals surface area contributed by atoms with E-state index >= 15 is 0 Å². The fraction of sp³-hybridized carbons (Fsp3) is 0.312. The minimum absolute atomic E-state index is 0.158.